The van der Waals surface area contributed by atoms with Crippen LogP contribution in [0, 0.1) is 11.8 Å². The maximum absolute atomic E-state index is 11.8. The summed E-state index contributed by atoms with van der Waals surface area (Å²) in [6.45, 7) is 9.30. The highest BCUT2D eigenvalue weighted by atomic mass is 16.5. The van der Waals surface area contributed by atoms with Crippen molar-refractivity contribution >= 4 is 5.91 Å². The molecule has 0 saturated heterocycles. The maximum atomic E-state index is 11.8. The fraction of sp³-hybridized carbons (Fsp3) is 0.588. The van der Waals surface area contributed by atoms with E-state index < -0.39 is 0 Å². The highest BCUT2D eigenvalue weighted by Gasteiger charge is 2.15. The Hall–Kier alpha value is -1.55. The summed E-state index contributed by atoms with van der Waals surface area (Å²) in [7, 11) is 0. The standard InChI is InChI=1S/C17H28N2O2/c1-12(2)11-21-16-7-5-15(6-8-16)9-10-19-17(20)13(3)14(4)18/h5-8,12-14H,9-11,18H2,1-4H3,(H,19,20). The summed E-state index contributed by atoms with van der Waals surface area (Å²) in [5.74, 6) is 1.27. The Kier molecular flexibility index (Phi) is 7.23. The Morgan fingerprint density at radius 3 is 2.33 bits per heavy atom. The first-order valence-corrected chi connectivity index (χ1v) is 7.65. The SMILES string of the molecule is CC(C)COc1ccc(CCNC(=O)C(C)C(C)N)cc1. The van der Waals surface area contributed by atoms with Crippen molar-refractivity contribution < 1.29 is 9.53 Å². The minimum atomic E-state index is -0.156. The molecule has 2 atom stereocenters. The number of hydrogen-bond acceptors (Lipinski definition) is 3. The third kappa shape index (κ3) is 6.63. The Morgan fingerprint density at radius 2 is 1.81 bits per heavy atom. The van der Waals surface area contributed by atoms with Gasteiger partial charge in [-0.05, 0) is 37.0 Å². The van der Waals surface area contributed by atoms with Crippen molar-refractivity contribution in [2.24, 2.45) is 17.6 Å². The first-order chi connectivity index (χ1) is 9.90. The Balaban J connectivity index is 2.34. The number of ether oxygens (including phenoxy) is 1. The molecule has 1 aromatic carbocycles. The van der Waals surface area contributed by atoms with Gasteiger partial charge in [0, 0.05) is 18.5 Å². The highest BCUT2D eigenvalue weighted by Crippen LogP contribution is 2.13. The third-order valence-electron chi connectivity index (χ3n) is 3.42. The lowest BCUT2D eigenvalue weighted by Gasteiger charge is -2.15. The molecule has 3 N–H and O–H groups in total. The van der Waals surface area contributed by atoms with Crippen LogP contribution in [0.5, 0.6) is 5.75 Å². The molecule has 0 heterocycles. The van der Waals surface area contributed by atoms with Gasteiger partial charge in [0.25, 0.3) is 0 Å². The molecule has 0 saturated carbocycles. The fourth-order valence-corrected chi connectivity index (χ4v) is 1.75. The molecule has 21 heavy (non-hydrogen) atoms. The van der Waals surface area contributed by atoms with E-state index in [1.165, 1.54) is 5.56 Å². The van der Waals surface area contributed by atoms with Gasteiger partial charge in [0.1, 0.15) is 5.75 Å². The molecule has 2 unspecified atom stereocenters. The average Bonchev–Trinajstić information content (AvgIpc) is 2.45. The lowest BCUT2D eigenvalue weighted by Crippen LogP contribution is -2.39. The summed E-state index contributed by atoms with van der Waals surface area (Å²) in [5.41, 5.74) is 6.89. The van der Waals surface area contributed by atoms with Crippen LogP contribution in [0.25, 0.3) is 0 Å². The van der Waals surface area contributed by atoms with Crippen molar-refractivity contribution in [3.05, 3.63) is 29.8 Å². The van der Waals surface area contributed by atoms with Crippen molar-refractivity contribution in [1.29, 1.82) is 0 Å². The maximum Gasteiger partial charge on any atom is 0.224 e. The van der Waals surface area contributed by atoms with Gasteiger partial charge >= 0.3 is 0 Å². The monoisotopic (exact) mass is 292 g/mol. The average molecular weight is 292 g/mol. The van der Waals surface area contributed by atoms with Crippen LogP contribution < -0.4 is 15.8 Å². The number of carbonyl (C=O) groups is 1. The van der Waals surface area contributed by atoms with Crippen LogP contribution in [-0.4, -0.2) is 25.1 Å². The number of hydrogen-bond donors (Lipinski definition) is 2. The van der Waals surface area contributed by atoms with Gasteiger partial charge in [-0.15, -0.1) is 0 Å². The second-order valence-electron chi connectivity index (χ2n) is 6.04. The van der Waals surface area contributed by atoms with E-state index >= 15 is 0 Å². The van der Waals surface area contributed by atoms with Gasteiger partial charge in [-0.3, -0.25) is 4.79 Å². The number of benzene rings is 1. The fourth-order valence-electron chi connectivity index (χ4n) is 1.75. The molecule has 0 aliphatic rings. The van der Waals surface area contributed by atoms with E-state index in [2.05, 4.69) is 19.2 Å². The highest BCUT2D eigenvalue weighted by molar-refractivity contribution is 5.78. The molecule has 0 aromatic heterocycles. The predicted octanol–water partition coefficient (Wildman–Crippen LogP) is 2.36. The summed E-state index contributed by atoms with van der Waals surface area (Å²) >= 11 is 0. The molecule has 0 bridgehead atoms. The molecule has 0 radical (unpaired) electrons. The molecule has 0 spiro atoms. The molecule has 4 heteroatoms. The van der Waals surface area contributed by atoms with E-state index in [0.29, 0.717) is 12.5 Å². The van der Waals surface area contributed by atoms with Gasteiger partial charge in [-0.25, -0.2) is 0 Å². The first kappa shape index (κ1) is 17.5. The van der Waals surface area contributed by atoms with Crippen molar-refractivity contribution in [3.63, 3.8) is 0 Å². The molecular formula is C17H28N2O2. The predicted molar refractivity (Wildman–Crippen MR) is 86.3 cm³/mol. The van der Waals surface area contributed by atoms with Gasteiger partial charge < -0.3 is 15.8 Å². The molecule has 1 amide bonds. The van der Waals surface area contributed by atoms with Gasteiger partial charge in [-0.1, -0.05) is 32.9 Å². The molecule has 1 aromatic rings. The minimum absolute atomic E-state index is 0.0156. The van der Waals surface area contributed by atoms with E-state index in [0.717, 1.165) is 18.8 Å². The van der Waals surface area contributed by atoms with Crippen LogP contribution >= 0.6 is 0 Å². The summed E-state index contributed by atoms with van der Waals surface area (Å²) in [6, 6.07) is 7.91. The van der Waals surface area contributed by atoms with Gasteiger partial charge in [-0.2, -0.15) is 0 Å². The molecule has 4 nitrogen and oxygen atoms in total. The molecule has 0 aliphatic carbocycles. The van der Waals surface area contributed by atoms with Gasteiger partial charge in [0.2, 0.25) is 5.91 Å². The minimum Gasteiger partial charge on any atom is -0.493 e. The number of rotatable bonds is 8. The number of nitrogens with one attached hydrogen (secondary N) is 1. The van der Waals surface area contributed by atoms with Crippen molar-refractivity contribution in [3.8, 4) is 5.75 Å². The van der Waals surface area contributed by atoms with Crippen LogP contribution in [0.1, 0.15) is 33.3 Å². The lowest BCUT2D eigenvalue weighted by atomic mass is 10.0. The summed E-state index contributed by atoms with van der Waals surface area (Å²) in [4.78, 5) is 11.8. The van der Waals surface area contributed by atoms with E-state index in [1.807, 2.05) is 38.1 Å². The van der Waals surface area contributed by atoms with Crippen molar-refractivity contribution in [2.75, 3.05) is 13.2 Å². The number of nitrogens with two attached hydrogens (primary N) is 1. The topological polar surface area (TPSA) is 64.3 Å². The van der Waals surface area contributed by atoms with Gasteiger partial charge in [0.05, 0.1) is 6.61 Å². The first-order valence-electron chi connectivity index (χ1n) is 7.65. The van der Waals surface area contributed by atoms with Crippen LogP contribution in [-0.2, 0) is 11.2 Å². The summed E-state index contributed by atoms with van der Waals surface area (Å²) in [6.07, 6.45) is 0.807. The lowest BCUT2D eigenvalue weighted by molar-refractivity contribution is -0.124. The Labute approximate surface area is 128 Å². The summed E-state index contributed by atoms with van der Waals surface area (Å²) < 4.78 is 5.64. The van der Waals surface area contributed by atoms with Crippen LogP contribution in [0.4, 0.5) is 0 Å². The van der Waals surface area contributed by atoms with Crippen LogP contribution in [0.3, 0.4) is 0 Å². The van der Waals surface area contributed by atoms with Crippen LogP contribution in [0.15, 0.2) is 24.3 Å². The second kappa shape index (κ2) is 8.67. The molecular weight excluding hydrogens is 264 g/mol. The normalized spacial score (nSPS) is 13.8. The van der Waals surface area contributed by atoms with Crippen molar-refractivity contribution in [2.45, 2.75) is 40.2 Å². The Morgan fingerprint density at radius 1 is 1.19 bits per heavy atom. The zero-order valence-corrected chi connectivity index (χ0v) is 13.6. The van der Waals surface area contributed by atoms with E-state index in [1.54, 1.807) is 0 Å². The number of amides is 1. The van der Waals surface area contributed by atoms with Crippen LogP contribution in [0.2, 0.25) is 0 Å². The molecule has 0 fully saturated rings. The third-order valence-corrected chi connectivity index (χ3v) is 3.42. The zero-order valence-electron chi connectivity index (χ0n) is 13.6. The molecule has 0 aliphatic heterocycles. The van der Waals surface area contributed by atoms with E-state index in [4.69, 9.17) is 10.5 Å². The molecule has 118 valence electrons. The largest absolute Gasteiger partial charge is 0.493 e. The zero-order chi connectivity index (χ0) is 15.8. The van der Waals surface area contributed by atoms with Crippen molar-refractivity contribution in [1.82, 2.24) is 5.32 Å². The smallest absolute Gasteiger partial charge is 0.224 e. The van der Waals surface area contributed by atoms with E-state index in [-0.39, 0.29) is 17.9 Å². The second-order valence-corrected chi connectivity index (χ2v) is 6.04. The summed E-state index contributed by atoms with van der Waals surface area (Å²) in [5, 5.41) is 2.92. The molecule has 1 rings (SSSR count). The van der Waals surface area contributed by atoms with Gasteiger partial charge in [0.15, 0.2) is 0 Å². The quantitative estimate of drug-likeness (QED) is 0.773. The number of carbonyl (C=O) groups excluding carboxylic acids is 1. The Bertz CT molecular complexity index is 427. The van der Waals surface area contributed by atoms with E-state index in [9.17, 15) is 4.79 Å².